The van der Waals surface area contributed by atoms with E-state index in [-0.39, 0.29) is 35.9 Å². The highest BCUT2D eigenvalue weighted by atomic mass is 32.1. The van der Waals surface area contributed by atoms with Crippen LogP contribution in [0.15, 0.2) is 36.7 Å². The second kappa shape index (κ2) is 6.96. The monoisotopic (exact) mass is 475 g/mol. The first kappa shape index (κ1) is 20.5. The van der Waals surface area contributed by atoms with Gasteiger partial charge in [0.05, 0.1) is 46.4 Å². The lowest BCUT2D eigenvalue weighted by molar-refractivity contribution is -0.141. The van der Waals surface area contributed by atoms with Crippen molar-refractivity contribution in [1.29, 1.82) is 0 Å². The molecule has 0 saturated carbocycles. The summed E-state index contributed by atoms with van der Waals surface area (Å²) in [6, 6.07) is 5.92. The first-order chi connectivity index (χ1) is 15.7. The Morgan fingerprint density at radius 2 is 1.73 bits per heavy atom. The van der Waals surface area contributed by atoms with Crippen LogP contribution in [0.5, 0.6) is 0 Å². The molecule has 6 nitrogen and oxygen atoms in total. The summed E-state index contributed by atoms with van der Waals surface area (Å²) < 4.78 is 51.8. The van der Waals surface area contributed by atoms with Crippen LogP contribution in [0.1, 0.15) is 34.0 Å². The van der Waals surface area contributed by atoms with Gasteiger partial charge in [0.2, 0.25) is 0 Å². The number of fused-ring (bicyclic) bond motifs is 5. The zero-order valence-corrected chi connectivity index (χ0v) is 18.1. The van der Waals surface area contributed by atoms with E-state index in [0.29, 0.717) is 16.4 Å². The van der Waals surface area contributed by atoms with E-state index in [1.807, 2.05) is 16.7 Å². The highest BCUT2D eigenvalue weighted by molar-refractivity contribution is 7.15. The van der Waals surface area contributed by atoms with Crippen molar-refractivity contribution in [2.24, 2.45) is 0 Å². The van der Waals surface area contributed by atoms with Crippen molar-refractivity contribution in [3.63, 3.8) is 0 Å². The number of halogens is 4. The maximum absolute atomic E-state index is 13.6. The smallest absolute Gasteiger partial charge is 0.341 e. The molecule has 3 saturated heterocycles. The summed E-state index contributed by atoms with van der Waals surface area (Å²) in [5, 5.41) is 0.746. The van der Waals surface area contributed by atoms with Crippen LogP contribution >= 0.6 is 11.3 Å². The maximum Gasteiger partial charge on any atom is 0.434 e. The van der Waals surface area contributed by atoms with Crippen LogP contribution in [0.4, 0.5) is 23.4 Å². The molecule has 6 rings (SSSR count). The highest BCUT2D eigenvalue weighted by Crippen LogP contribution is 2.54. The molecular weight excluding hydrogens is 458 g/mol. The van der Waals surface area contributed by atoms with Crippen LogP contribution < -0.4 is 4.90 Å². The number of hydrogen-bond donors (Lipinski definition) is 0. The molecule has 1 amide bonds. The average Bonchev–Trinajstić information content (AvgIpc) is 3.05. The standard InChI is InChI=1S/C22H17F4N5OS/c1-10-29-17(20(33-10)11-2-4-12(23)5-3-11)21(32)30-13-6-7-14(30)19-18(13)31(19)16-9-27-15(8-28-16)22(24,25)26/h2-5,8-9,13-14,18-19H,6-7H2,1H3. The Morgan fingerprint density at radius 1 is 1.06 bits per heavy atom. The molecule has 11 heteroatoms. The van der Waals surface area contributed by atoms with E-state index in [0.717, 1.165) is 35.8 Å². The first-order valence-corrected chi connectivity index (χ1v) is 11.3. The van der Waals surface area contributed by atoms with Gasteiger partial charge in [-0.1, -0.05) is 12.1 Å². The van der Waals surface area contributed by atoms with Gasteiger partial charge in [-0.3, -0.25) is 4.79 Å². The largest absolute Gasteiger partial charge is 0.434 e. The van der Waals surface area contributed by atoms with E-state index >= 15 is 0 Å². The fourth-order valence-corrected chi connectivity index (χ4v) is 6.25. The summed E-state index contributed by atoms with van der Waals surface area (Å²) in [5.41, 5.74) is 0.0807. The van der Waals surface area contributed by atoms with Crippen LogP contribution in [0, 0.1) is 12.7 Å². The molecule has 33 heavy (non-hydrogen) atoms. The lowest BCUT2D eigenvalue weighted by Gasteiger charge is -2.27. The molecule has 3 aliphatic heterocycles. The fraction of sp³-hybridized carbons (Fsp3) is 0.364. The van der Waals surface area contributed by atoms with E-state index in [2.05, 4.69) is 15.0 Å². The lowest BCUT2D eigenvalue weighted by Crippen LogP contribution is -2.43. The number of nitrogens with zero attached hydrogens (tertiary/aromatic N) is 5. The molecule has 3 aromatic rings. The molecule has 0 radical (unpaired) electrons. The van der Waals surface area contributed by atoms with E-state index in [1.165, 1.54) is 23.5 Å². The number of aryl methyl sites for hydroxylation is 1. The van der Waals surface area contributed by atoms with Crippen molar-refractivity contribution in [2.75, 3.05) is 4.90 Å². The van der Waals surface area contributed by atoms with E-state index in [9.17, 15) is 22.4 Å². The summed E-state index contributed by atoms with van der Waals surface area (Å²) in [7, 11) is 0. The van der Waals surface area contributed by atoms with Crippen molar-refractivity contribution in [2.45, 2.75) is 50.1 Å². The Morgan fingerprint density at radius 3 is 2.30 bits per heavy atom. The van der Waals surface area contributed by atoms with Gasteiger partial charge >= 0.3 is 6.18 Å². The number of alkyl halides is 3. The summed E-state index contributed by atoms with van der Waals surface area (Å²) in [6.07, 6.45) is -0.991. The third-order valence-corrected chi connectivity index (χ3v) is 7.65. The summed E-state index contributed by atoms with van der Waals surface area (Å²) in [4.78, 5) is 30.1. The molecule has 5 heterocycles. The number of benzene rings is 1. The SMILES string of the molecule is Cc1nc(C(=O)N2C3CCC2C2C3N2c2cnc(C(F)(F)F)cn2)c(-c2ccc(F)cc2)s1. The zero-order chi connectivity index (χ0) is 23.1. The summed E-state index contributed by atoms with van der Waals surface area (Å²) in [5.74, 6) is -0.104. The lowest BCUT2D eigenvalue weighted by atomic mass is 10.0. The topological polar surface area (TPSA) is 62.0 Å². The molecule has 0 spiro atoms. The molecule has 0 N–H and O–H groups in total. The van der Waals surface area contributed by atoms with Crippen LogP contribution in [0.3, 0.4) is 0 Å². The summed E-state index contributed by atoms with van der Waals surface area (Å²) >= 11 is 1.39. The van der Waals surface area contributed by atoms with Gasteiger partial charge in [0.1, 0.15) is 17.3 Å². The van der Waals surface area contributed by atoms with E-state index < -0.39 is 11.9 Å². The molecule has 2 aromatic heterocycles. The minimum atomic E-state index is -4.53. The van der Waals surface area contributed by atoms with Gasteiger partial charge in [0, 0.05) is 0 Å². The number of hydrogen-bond acceptors (Lipinski definition) is 6. The predicted octanol–water partition coefficient (Wildman–Crippen LogP) is 4.31. The zero-order valence-electron chi connectivity index (χ0n) is 17.3. The molecule has 4 atom stereocenters. The van der Waals surface area contributed by atoms with Gasteiger partial charge in [-0.05, 0) is 37.5 Å². The van der Waals surface area contributed by atoms with Gasteiger partial charge in [-0.2, -0.15) is 13.2 Å². The second-order valence-electron chi connectivity index (χ2n) is 8.49. The van der Waals surface area contributed by atoms with E-state index in [4.69, 9.17) is 0 Å². The minimum Gasteiger partial charge on any atom is -0.341 e. The average molecular weight is 475 g/mol. The number of carbonyl (C=O) groups is 1. The molecule has 2 bridgehead atoms. The van der Waals surface area contributed by atoms with E-state index in [1.54, 1.807) is 12.1 Å². The molecule has 3 aliphatic rings. The number of thiazole rings is 1. The molecule has 3 fully saturated rings. The predicted molar refractivity (Wildman–Crippen MR) is 112 cm³/mol. The minimum absolute atomic E-state index is 0.0211. The quantitative estimate of drug-likeness (QED) is 0.417. The Labute approximate surface area is 189 Å². The number of anilines is 1. The third kappa shape index (κ3) is 3.12. The molecule has 4 unspecified atom stereocenters. The van der Waals surface area contributed by atoms with Crippen LogP contribution in [0.25, 0.3) is 10.4 Å². The van der Waals surface area contributed by atoms with Crippen molar-refractivity contribution in [3.05, 3.63) is 58.9 Å². The van der Waals surface area contributed by atoms with Gasteiger partial charge in [-0.25, -0.2) is 19.3 Å². The Hall–Kier alpha value is -3.08. The van der Waals surface area contributed by atoms with Crippen molar-refractivity contribution >= 4 is 23.1 Å². The van der Waals surface area contributed by atoms with Gasteiger partial charge < -0.3 is 9.80 Å². The van der Waals surface area contributed by atoms with Crippen molar-refractivity contribution < 1.29 is 22.4 Å². The van der Waals surface area contributed by atoms with Gasteiger partial charge in [0.25, 0.3) is 5.91 Å². The van der Waals surface area contributed by atoms with Crippen LogP contribution in [-0.4, -0.2) is 49.9 Å². The molecular formula is C22H17F4N5OS. The van der Waals surface area contributed by atoms with Gasteiger partial charge in [0.15, 0.2) is 5.69 Å². The summed E-state index contributed by atoms with van der Waals surface area (Å²) in [6.45, 7) is 1.83. The number of amides is 1. The normalized spacial score (nSPS) is 25.5. The van der Waals surface area contributed by atoms with Crippen molar-refractivity contribution in [3.8, 4) is 10.4 Å². The number of aromatic nitrogens is 3. The molecule has 1 aromatic carbocycles. The number of rotatable bonds is 3. The number of carbonyl (C=O) groups excluding carboxylic acids is 1. The second-order valence-corrected chi connectivity index (χ2v) is 9.69. The Kier molecular flexibility index (Phi) is 4.33. The van der Waals surface area contributed by atoms with Crippen LogP contribution in [-0.2, 0) is 6.18 Å². The van der Waals surface area contributed by atoms with Gasteiger partial charge in [-0.15, -0.1) is 11.3 Å². The maximum atomic E-state index is 13.6. The van der Waals surface area contributed by atoms with Crippen LogP contribution in [0.2, 0.25) is 0 Å². The number of piperazine rings is 1. The molecule has 0 aliphatic carbocycles. The van der Waals surface area contributed by atoms with Crippen molar-refractivity contribution in [1.82, 2.24) is 19.9 Å². The molecule has 170 valence electrons. The third-order valence-electron chi connectivity index (χ3n) is 6.63. The highest BCUT2D eigenvalue weighted by Gasteiger charge is 2.69. The Balaban J connectivity index is 1.25. The first-order valence-electron chi connectivity index (χ1n) is 10.5. The fourth-order valence-electron chi connectivity index (χ4n) is 5.33. The Bertz CT molecular complexity index is 1230.